The van der Waals surface area contributed by atoms with Crippen LogP contribution in [0.2, 0.25) is 0 Å². The number of carboxylic acid groups (broad SMARTS) is 1. The molecule has 1 unspecified atom stereocenters. The van der Waals surface area contributed by atoms with Crippen LogP contribution < -0.4 is 4.90 Å². The van der Waals surface area contributed by atoms with E-state index in [1.807, 2.05) is 18.9 Å². The molecule has 18 heavy (non-hydrogen) atoms. The fraction of sp³-hybridized carbons (Fsp3) is 0.667. The standard InChI is InChI=1S/C12H18N2O3S/c1-7(6-17-3)14(2)12-13-9(8-4-5-8)10(18-12)11(15)16/h7-8H,4-6H2,1-3H3,(H,15,16). The Kier molecular flexibility index (Phi) is 3.87. The van der Waals surface area contributed by atoms with Crippen LogP contribution in [-0.2, 0) is 4.74 Å². The zero-order chi connectivity index (χ0) is 13.3. The SMILES string of the molecule is COCC(C)N(C)c1nc(C2CC2)c(C(=O)O)s1. The second kappa shape index (κ2) is 5.24. The summed E-state index contributed by atoms with van der Waals surface area (Å²) < 4.78 is 5.11. The Bertz CT molecular complexity index is 443. The summed E-state index contributed by atoms with van der Waals surface area (Å²) in [6.07, 6.45) is 2.11. The molecule has 1 aliphatic carbocycles. The number of hydrogen-bond donors (Lipinski definition) is 1. The van der Waals surface area contributed by atoms with Gasteiger partial charge in [-0.05, 0) is 19.8 Å². The van der Waals surface area contributed by atoms with Gasteiger partial charge in [0, 0.05) is 20.1 Å². The molecular weight excluding hydrogens is 252 g/mol. The van der Waals surface area contributed by atoms with E-state index in [1.54, 1.807) is 7.11 Å². The molecule has 0 amide bonds. The van der Waals surface area contributed by atoms with E-state index in [2.05, 4.69) is 4.98 Å². The van der Waals surface area contributed by atoms with E-state index in [-0.39, 0.29) is 6.04 Å². The first-order chi connectivity index (χ1) is 8.54. The van der Waals surface area contributed by atoms with Crippen LogP contribution in [0, 0.1) is 0 Å². The molecule has 0 spiro atoms. The zero-order valence-electron chi connectivity index (χ0n) is 10.8. The van der Waals surface area contributed by atoms with Crippen molar-refractivity contribution in [1.29, 1.82) is 0 Å². The molecule has 1 heterocycles. The number of hydrogen-bond acceptors (Lipinski definition) is 5. The van der Waals surface area contributed by atoms with Crippen LogP contribution in [0.3, 0.4) is 0 Å². The number of rotatable bonds is 6. The first-order valence-electron chi connectivity index (χ1n) is 6.00. The van der Waals surface area contributed by atoms with Crippen molar-refractivity contribution in [1.82, 2.24) is 4.98 Å². The molecule has 0 aromatic carbocycles. The van der Waals surface area contributed by atoms with Crippen LogP contribution >= 0.6 is 11.3 Å². The molecule has 1 atom stereocenters. The van der Waals surface area contributed by atoms with Crippen molar-refractivity contribution in [3.05, 3.63) is 10.6 Å². The predicted molar refractivity (Wildman–Crippen MR) is 70.8 cm³/mol. The molecule has 2 rings (SSSR count). The average Bonchev–Trinajstić information content (AvgIpc) is 3.07. The fourth-order valence-corrected chi connectivity index (χ4v) is 2.85. The smallest absolute Gasteiger partial charge is 0.347 e. The van der Waals surface area contributed by atoms with Crippen LogP contribution in [0.25, 0.3) is 0 Å². The molecule has 6 heteroatoms. The maximum absolute atomic E-state index is 11.2. The Balaban J connectivity index is 2.23. The second-order valence-electron chi connectivity index (χ2n) is 4.71. The summed E-state index contributed by atoms with van der Waals surface area (Å²) >= 11 is 1.26. The largest absolute Gasteiger partial charge is 0.477 e. The van der Waals surface area contributed by atoms with Gasteiger partial charge in [-0.25, -0.2) is 9.78 Å². The molecule has 100 valence electrons. The molecule has 0 saturated heterocycles. The third-order valence-electron chi connectivity index (χ3n) is 3.17. The molecule has 1 saturated carbocycles. The van der Waals surface area contributed by atoms with Gasteiger partial charge >= 0.3 is 5.97 Å². The average molecular weight is 270 g/mol. The van der Waals surface area contributed by atoms with E-state index in [0.717, 1.165) is 23.7 Å². The maximum atomic E-state index is 11.2. The predicted octanol–water partition coefficient (Wildman–Crippen LogP) is 2.19. The van der Waals surface area contributed by atoms with Crippen molar-refractivity contribution in [2.75, 3.05) is 25.7 Å². The molecule has 1 aromatic heterocycles. The molecule has 0 aliphatic heterocycles. The summed E-state index contributed by atoms with van der Waals surface area (Å²) in [7, 11) is 3.58. The lowest BCUT2D eigenvalue weighted by Gasteiger charge is -2.23. The number of carbonyl (C=O) groups is 1. The summed E-state index contributed by atoms with van der Waals surface area (Å²) in [6, 6.07) is 0.176. The number of aromatic nitrogens is 1. The van der Waals surface area contributed by atoms with E-state index in [0.29, 0.717) is 17.4 Å². The lowest BCUT2D eigenvalue weighted by Crippen LogP contribution is -2.32. The molecule has 0 radical (unpaired) electrons. The van der Waals surface area contributed by atoms with E-state index in [4.69, 9.17) is 4.74 Å². The molecule has 0 bridgehead atoms. The van der Waals surface area contributed by atoms with Gasteiger partial charge in [0.1, 0.15) is 4.88 Å². The minimum absolute atomic E-state index is 0.176. The van der Waals surface area contributed by atoms with Gasteiger partial charge < -0.3 is 14.7 Å². The monoisotopic (exact) mass is 270 g/mol. The normalized spacial score (nSPS) is 16.6. The van der Waals surface area contributed by atoms with Crippen molar-refractivity contribution in [2.24, 2.45) is 0 Å². The van der Waals surface area contributed by atoms with Crippen molar-refractivity contribution >= 4 is 22.4 Å². The summed E-state index contributed by atoms with van der Waals surface area (Å²) in [4.78, 5) is 18.1. The first-order valence-corrected chi connectivity index (χ1v) is 6.82. The van der Waals surface area contributed by atoms with Gasteiger partial charge in [-0.1, -0.05) is 11.3 Å². The highest BCUT2D eigenvalue weighted by atomic mass is 32.1. The van der Waals surface area contributed by atoms with Crippen LogP contribution in [0.1, 0.15) is 41.0 Å². The zero-order valence-corrected chi connectivity index (χ0v) is 11.7. The van der Waals surface area contributed by atoms with Gasteiger partial charge in [0.15, 0.2) is 5.13 Å². The Morgan fingerprint density at radius 2 is 2.33 bits per heavy atom. The van der Waals surface area contributed by atoms with E-state index >= 15 is 0 Å². The quantitative estimate of drug-likeness (QED) is 0.858. The highest BCUT2D eigenvalue weighted by Crippen LogP contribution is 2.44. The van der Waals surface area contributed by atoms with Gasteiger partial charge in [-0.3, -0.25) is 0 Å². The topological polar surface area (TPSA) is 62.7 Å². The van der Waals surface area contributed by atoms with Crippen LogP contribution in [0.4, 0.5) is 5.13 Å². The molecule has 5 nitrogen and oxygen atoms in total. The summed E-state index contributed by atoms with van der Waals surface area (Å²) in [5.41, 5.74) is 0.763. The van der Waals surface area contributed by atoms with Crippen LogP contribution in [0.15, 0.2) is 0 Å². The summed E-state index contributed by atoms with van der Waals surface area (Å²) in [5.74, 6) is -0.513. The lowest BCUT2D eigenvalue weighted by atomic mass is 10.2. The van der Waals surface area contributed by atoms with Crippen molar-refractivity contribution in [2.45, 2.75) is 31.7 Å². The highest BCUT2D eigenvalue weighted by Gasteiger charge is 2.33. The van der Waals surface area contributed by atoms with Gasteiger partial charge in [-0.2, -0.15) is 0 Å². The number of anilines is 1. The number of likely N-dealkylation sites (N-methyl/N-ethyl adjacent to an activating group) is 1. The molecule has 1 aliphatic rings. The van der Waals surface area contributed by atoms with E-state index in [9.17, 15) is 9.90 Å². The van der Waals surface area contributed by atoms with Gasteiger partial charge in [0.2, 0.25) is 0 Å². The molecular formula is C12H18N2O3S. The Morgan fingerprint density at radius 3 is 2.83 bits per heavy atom. The van der Waals surface area contributed by atoms with Crippen LogP contribution in [0.5, 0.6) is 0 Å². The lowest BCUT2D eigenvalue weighted by molar-refractivity contribution is 0.0700. The third-order valence-corrected chi connectivity index (χ3v) is 4.32. The number of ether oxygens (including phenoxy) is 1. The van der Waals surface area contributed by atoms with Crippen LogP contribution in [-0.4, -0.2) is 42.9 Å². The number of thiazole rings is 1. The Hall–Kier alpha value is -1.14. The van der Waals surface area contributed by atoms with Gasteiger partial charge in [0.25, 0.3) is 0 Å². The molecule has 1 aromatic rings. The Morgan fingerprint density at radius 1 is 1.67 bits per heavy atom. The number of nitrogens with zero attached hydrogens (tertiary/aromatic N) is 2. The minimum atomic E-state index is -0.867. The first kappa shape index (κ1) is 13.3. The maximum Gasteiger partial charge on any atom is 0.347 e. The van der Waals surface area contributed by atoms with Gasteiger partial charge in [-0.15, -0.1) is 0 Å². The van der Waals surface area contributed by atoms with Crippen molar-refractivity contribution < 1.29 is 14.6 Å². The van der Waals surface area contributed by atoms with Gasteiger partial charge in [0.05, 0.1) is 18.3 Å². The summed E-state index contributed by atoms with van der Waals surface area (Å²) in [5, 5.41) is 9.97. The highest BCUT2D eigenvalue weighted by molar-refractivity contribution is 7.17. The number of methoxy groups -OCH3 is 1. The number of aromatic carboxylic acids is 1. The Labute approximate surface area is 110 Å². The third kappa shape index (κ3) is 2.64. The fourth-order valence-electron chi connectivity index (χ4n) is 1.80. The molecule has 1 N–H and O–H groups in total. The van der Waals surface area contributed by atoms with Crippen molar-refractivity contribution in [3.8, 4) is 0 Å². The van der Waals surface area contributed by atoms with E-state index in [1.165, 1.54) is 11.3 Å². The number of carboxylic acids is 1. The van der Waals surface area contributed by atoms with E-state index < -0.39 is 5.97 Å². The van der Waals surface area contributed by atoms with Crippen molar-refractivity contribution in [3.63, 3.8) is 0 Å². The summed E-state index contributed by atoms with van der Waals surface area (Å²) in [6.45, 7) is 2.62. The second-order valence-corrected chi connectivity index (χ2v) is 5.68. The molecule has 1 fully saturated rings. The minimum Gasteiger partial charge on any atom is -0.477 e.